The van der Waals surface area contributed by atoms with Crippen molar-refractivity contribution in [1.82, 2.24) is 0 Å². The van der Waals surface area contributed by atoms with E-state index in [1.54, 1.807) is 0 Å². The summed E-state index contributed by atoms with van der Waals surface area (Å²) in [4.78, 5) is 0. The number of rotatable bonds is 4. The Morgan fingerprint density at radius 1 is 0.364 bits per heavy atom. The smallest absolute Gasteiger partial charge is 0.0464 e. The van der Waals surface area contributed by atoms with Gasteiger partial charge in [0.1, 0.15) is 0 Å². The van der Waals surface area contributed by atoms with Gasteiger partial charge in [0, 0.05) is 37.1 Å². The van der Waals surface area contributed by atoms with Gasteiger partial charge in [0.2, 0.25) is 0 Å². The minimum absolute atomic E-state index is 1.08. The SMILES string of the molecule is c1ccc(-c2cc(-c3cccc4c3sc3ccccc34)ccc2Nc2ccc3c4ccccc4c4ccccc4c3c2)cc1. The van der Waals surface area contributed by atoms with E-state index in [1.165, 1.54) is 74.7 Å². The van der Waals surface area contributed by atoms with Crippen molar-refractivity contribution in [3.8, 4) is 22.3 Å². The fourth-order valence-electron chi connectivity index (χ4n) is 6.79. The van der Waals surface area contributed by atoms with E-state index in [2.05, 4.69) is 163 Å². The van der Waals surface area contributed by atoms with Gasteiger partial charge in [-0.25, -0.2) is 0 Å². The van der Waals surface area contributed by atoms with E-state index in [4.69, 9.17) is 0 Å². The van der Waals surface area contributed by atoms with Gasteiger partial charge in [0.25, 0.3) is 0 Å². The van der Waals surface area contributed by atoms with Crippen LogP contribution in [0, 0.1) is 0 Å². The van der Waals surface area contributed by atoms with Gasteiger partial charge in [-0.2, -0.15) is 0 Å². The number of hydrogen-bond acceptors (Lipinski definition) is 2. The summed E-state index contributed by atoms with van der Waals surface area (Å²) >= 11 is 1.88. The van der Waals surface area contributed by atoms with Crippen molar-refractivity contribution in [3.05, 3.63) is 158 Å². The van der Waals surface area contributed by atoms with E-state index in [1.807, 2.05) is 11.3 Å². The maximum atomic E-state index is 3.82. The molecule has 0 fully saturated rings. The Kier molecular flexibility index (Phi) is 5.75. The standard InChI is InChI=1S/C42H27NS/c1-2-11-27(12-3-1)38-25-28(30-18-10-19-37-36-17-8-9-20-41(36)44-42(30)37)21-24-40(38)43-29-22-23-35-33-15-5-4-13-31(33)32-14-6-7-16-34(32)39(35)26-29/h1-26,43H. The Morgan fingerprint density at radius 3 is 1.73 bits per heavy atom. The highest BCUT2D eigenvalue weighted by Crippen LogP contribution is 2.43. The lowest BCUT2D eigenvalue weighted by Gasteiger charge is -2.16. The van der Waals surface area contributed by atoms with Crippen molar-refractivity contribution in [2.75, 3.05) is 5.32 Å². The molecule has 0 amide bonds. The van der Waals surface area contributed by atoms with E-state index in [0.29, 0.717) is 0 Å². The molecule has 0 bridgehead atoms. The van der Waals surface area contributed by atoms with Gasteiger partial charge in [0.15, 0.2) is 0 Å². The van der Waals surface area contributed by atoms with Crippen LogP contribution in [0.5, 0.6) is 0 Å². The molecule has 2 heteroatoms. The van der Waals surface area contributed by atoms with Crippen LogP contribution in [0.25, 0.3) is 74.7 Å². The van der Waals surface area contributed by atoms with Crippen molar-refractivity contribution in [2.45, 2.75) is 0 Å². The summed E-state index contributed by atoms with van der Waals surface area (Å²) in [6.07, 6.45) is 0. The van der Waals surface area contributed by atoms with Gasteiger partial charge in [-0.15, -0.1) is 11.3 Å². The molecular formula is C42H27NS. The van der Waals surface area contributed by atoms with Crippen LogP contribution in [0.1, 0.15) is 0 Å². The third-order valence-corrected chi connectivity index (χ3v) is 10.1. The molecular weight excluding hydrogens is 551 g/mol. The van der Waals surface area contributed by atoms with Crippen LogP contribution in [-0.2, 0) is 0 Å². The molecule has 44 heavy (non-hydrogen) atoms. The van der Waals surface area contributed by atoms with Crippen LogP contribution >= 0.6 is 11.3 Å². The summed E-state index contributed by atoms with van der Waals surface area (Å²) in [7, 11) is 0. The normalized spacial score (nSPS) is 11.6. The second-order valence-corrected chi connectivity index (χ2v) is 12.4. The first-order chi connectivity index (χ1) is 21.8. The quantitative estimate of drug-likeness (QED) is 0.205. The van der Waals surface area contributed by atoms with Gasteiger partial charge >= 0.3 is 0 Å². The molecule has 8 aromatic carbocycles. The maximum Gasteiger partial charge on any atom is 0.0464 e. The molecule has 206 valence electrons. The first-order valence-corrected chi connectivity index (χ1v) is 15.8. The highest BCUT2D eigenvalue weighted by molar-refractivity contribution is 7.26. The monoisotopic (exact) mass is 577 g/mol. The Balaban J connectivity index is 1.21. The van der Waals surface area contributed by atoms with Crippen LogP contribution < -0.4 is 5.32 Å². The second kappa shape index (κ2) is 10.1. The predicted molar refractivity (Wildman–Crippen MR) is 192 cm³/mol. The molecule has 0 aliphatic rings. The van der Waals surface area contributed by atoms with Crippen molar-refractivity contribution in [3.63, 3.8) is 0 Å². The summed E-state index contributed by atoms with van der Waals surface area (Å²) < 4.78 is 2.66. The molecule has 0 spiro atoms. The number of nitrogens with one attached hydrogen (secondary N) is 1. The highest BCUT2D eigenvalue weighted by atomic mass is 32.1. The van der Waals surface area contributed by atoms with Crippen molar-refractivity contribution >= 4 is 75.2 Å². The Morgan fingerprint density at radius 2 is 0.977 bits per heavy atom. The molecule has 1 nitrogen and oxygen atoms in total. The van der Waals surface area contributed by atoms with Crippen molar-refractivity contribution in [1.29, 1.82) is 0 Å². The number of thiophene rings is 1. The molecule has 0 saturated heterocycles. The van der Waals surface area contributed by atoms with Crippen LogP contribution in [0.4, 0.5) is 11.4 Å². The van der Waals surface area contributed by atoms with Gasteiger partial charge in [0.05, 0.1) is 0 Å². The molecule has 9 aromatic rings. The van der Waals surface area contributed by atoms with Gasteiger partial charge in [-0.1, -0.05) is 127 Å². The molecule has 0 unspecified atom stereocenters. The Labute approximate surface area is 259 Å². The zero-order valence-corrected chi connectivity index (χ0v) is 24.7. The Bertz CT molecular complexity index is 2490. The van der Waals surface area contributed by atoms with E-state index in [9.17, 15) is 0 Å². The molecule has 0 radical (unpaired) electrons. The Hall–Kier alpha value is -5.44. The fraction of sp³-hybridized carbons (Fsp3) is 0. The first-order valence-electron chi connectivity index (χ1n) is 15.0. The molecule has 0 atom stereocenters. The zero-order valence-electron chi connectivity index (χ0n) is 23.9. The van der Waals surface area contributed by atoms with Crippen molar-refractivity contribution in [2.24, 2.45) is 0 Å². The number of benzene rings is 8. The summed E-state index contributed by atoms with van der Waals surface area (Å²) in [6.45, 7) is 0. The minimum Gasteiger partial charge on any atom is -0.355 e. The first kappa shape index (κ1) is 25.1. The molecule has 1 N–H and O–H groups in total. The van der Waals surface area contributed by atoms with Gasteiger partial charge < -0.3 is 5.32 Å². The fourth-order valence-corrected chi connectivity index (χ4v) is 8.03. The van der Waals surface area contributed by atoms with Crippen molar-refractivity contribution < 1.29 is 0 Å². The van der Waals surface area contributed by atoms with Crippen LogP contribution in [0.3, 0.4) is 0 Å². The molecule has 0 aliphatic carbocycles. The number of hydrogen-bond donors (Lipinski definition) is 1. The average Bonchev–Trinajstić information content (AvgIpc) is 3.48. The molecule has 1 heterocycles. The third kappa shape index (κ3) is 4.00. The largest absolute Gasteiger partial charge is 0.355 e. The van der Waals surface area contributed by atoms with Crippen LogP contribution in [0.15, 0.2) is 158 Å². The molecule has 1 aromatic heterocycles. The summed E-state index contributed by atoms with van der Waals surface area (Å²) in [5.41, 5.74) is 7.05. The summed E-state index contributed by atoms with van der Waals surface area (Å²) in [5.74, 6) is 0. The average molecular weight is 578 g/mol. The van der Waals surface area contributed by atoms with E-state index in [-0.39, 0.29) is 0 Å². The third-order valence-electron chi connectivity index (χ3n) is 8.84. The van der Waals surface area contributed by atoms with Crippen LogP contribution in [-0.4, -0.2) is 0 Å². The number of fused-ring (bicyclic) bond motifs is 9. The lowest BCUT2D eigenvalue weighted by atomic mass is 9.94. The lowest BCUT2D eigenvalue weighted by molar-refractivity contribution is 1.54. The summed E-state index contributed by atoms with van der Waals surface area (Å²) in [6, 6.07) is 57.3. The number of anilines is 2. The predicted octanol–water partition coefficient (Wildman–Crippen LogP) is 12.6. The zero-order chi connectivity index (χ0) is 29.0. The lowest BCUT2D eigenvalue weighted by Crippen LogP contribution is -1.95. The van der Waals surface area contributed by atoms with Crippen LogP contribution in [0.2, 0.25) is 0 Å². The van der Waals surface area contributed by atoms with E-state index >= 15 is 0 Å². The highest BCUT2D eigenvalue weighted by Gasteiger charge is 2.14. The molecule has 9 rings (SSSR count). The topological polar surface area (TPSA) is 12.0 Å². The van der Waals surface area contributed by atoms with Gasteiger partial charge in [-0.3, -0.25) is 0 Å². The van der Waals surface area contributed by atoms with Gasteiger partial charge in [-0.05, 0) is 79.3 Å². The van der Waals surface area contributed by atoms with E-state index in [0.717, 1.165) is 11.4 Å². The minimum atomic E-state index is 1.08. The maximum absolute atomic E-state index is 3.82. The molecule has 0 saturated carbocycles. The molecule has 0 aliphatic heterocycles. The second-order valence-electron chi connectivity index (χ2n) is 11.4. The summed E-state index contributed by atoms with van der Waals surface area (Å²) in [5, 5.41) is 14.2. The van der Waals surface area contributed by atoms with E-state index < -0.39 is 0 Å².